The van der Waals surface area contributed by atoms with Crippen LogP contribution in [0.2, 0.25) is 5.02 Å². The van der Waals surface area contributed by atoms with Gasteiger partial charge in [-0.1, -0.05) is 23.4 Å². The summed E-state index contributed by atoms with van der Waals surface area (Å²) in [6.45, 7) is 0. The van der Waals surface area contributed by atoms with Crippen molar-refractivity contribution in [3.05, 3.63) is 45.6 Å². The molecular weight excluding hydrogens is 274 g/mol. The molecule has 1 aliphatic rings. The third kappa shape index (κ3) is 1.89. The smallest absolute Gasteiger partial charge is 0.288 e. The highest BCUT2D eigenvalue weighted by molar-refractivity contribution is 7.99. The number of rotatable bonds is 1. The van der Waals surface area contributed by atoms with E-state index in [1.165, 1.54) is 24.0 Å². The van der Waals surface area contributed by atoms with Gasteiger partial charge in [0.15, 0.2) is 0 Å². The second-order valence-electron chi connectivity index (χ2n) is 3.66. The Morgan fingerprint density at radius 2 is 2.17 bits per heavy atom. The Morgan fingerprint density at radius 1 is 1.33 bits per heavy atom. The Bertz CT molecular complexity index is 663. The van der Waals surface area contributed by atoms with Crippen molar-refractivity contribution in [2.45, 2.75) is 9.79 Å². The maximum atomic E-state index is 10.7. The zero-order valence-corrected chi connectivity index (χ0v) is 10.5. The van der Waals surface area contributed by atoms with Crippen LogP contribution >= 0.6 is 23.4 Å². The van der Waals surface area contributed by atoms with E-state index in [0.29, 0.717) is 10.8 Å². The van der Waals surface area contributed by atoms with Gasteiger partial charge in [-0.15, -0.1) is 0 Å². The van der Waals surface area contributed by atoms with E-state index in [1.807, 2.05) is 6.07 Å². The van der Waals surface area contributed by atoms with Crippen molar-refractivity contribution in [2.24, 2.45) is 0 Å². The predicted octanol–water partition coefficient (Wildman–Crippen LogP) is 3.85. The number of halogens is 1. The lowest BCUT2D eigenvalue weighted by atomic mass is 10.3. The van der Waals surface area contributed by atoms with Crippen molar-refractivity contribution in [1.82, 2.24) is 4.98 Å². The molecule has 5 nitrogen and oxygen atoms in total. The summed E-state index contributed by atoms with van der Waals surface area (Å²) in [6.07, 6.45) is 1.24. The number of anilines is 2. The Hall–Kier alpha value is -1.79. The Kier molecular flexibility index (Phi) is 2.61. The lowest BCUT2D eigenvalue weighted by Gasteiger charge is -2.19. The lowest BCUT2D eigenvalue weighted by Crippen LogP contribution is -2.02. The zero-order valence-electron chi connectivity index (χ0n) is 8.88. The molecule has 0 bridgehead atoms. The van der Waals surface area contributed by atoms with Gasteiger partial charge < -0.3 is 5.32 Å². The summed E-state index contributed by atoms with van der Waals surface area (Å²) in [5.74, 6) is 0.611. The minimum atomic E-state index is -0.453. The molecule has 1 aromatic heterocycles. The molecule has 0 atom stereocenters. The van der Waals surface area contributed by atoms with Gasteiger partial charge in [0, 0.05) is 16.0 Å². The van der Waals surface area contributed by atoms with Crippen molar-refractivity contribution in [2.75, 3.05) is 5.32 Å². The van der Waals surface area contributed by atoms with Crippen molar-refractivity contribution in [3.63, 3.8) is 0 Å². The van der Waals surface area contributed by atoms with Crippen LogP contribution in [-0.4, -0.2) is 9.91 Å². The second kappa shape index (κ2) is 4.15. The van der Waals surface area contributed by atoms with Crippen LogP contribution < -0.4 is 5.32 Å². The molecule has 1 aliphatic heterocycles. The Labute approximate surface area is 111 Å². The number of fused-ring (bicyclic) bond motifs is 2. The number of benzene rings is 1. The third-order valence-corrected chi connectivity index (χ3v) is 3.81. The molecule has 0 amide bonds. The van der Waals surface area contributed by atoms with E-state index in [2.05, 4.69) is 10.3 Å². The van der Waals surface area contributed by atoms with Crippen LogP contribution in [0.3, 0.4) is 0 Å². The fourth-order valence-corrected chi connectivity index (χ4v) is 2.79. The van der Waals surface area contributed by atoms with E-state index in [4.69, 9.17) is 11.6 Å². The molecule has 0 unspecified atom stereocenters. The van der Waals surface area contributed by atoms with Crippen molar-refractivity contribution >= 4 is 40.6 Å². The van der Waals surface area contributed by atoms with Gasteiger partial charge in [-0.25, -0.2) is 4.98 Å². The topological polar surface area (TPSA) is 68.1 Å². The van der Waals surface area contributed by atoms with E-state index < -0.39 is 4.92 Å². The minimum Gasteiger partial charge on any atom is -0.338 e. The molecule has 3 rings (SSSR count). The molecule has 0 saturated carbocycles. The molecule has 0 fully saturated rings. The highest BCUT2D eigenvalue weighted by atomic mass is 35.5. The quantitative estimate of drug-likeness (QED) is 0.541. The molecule has 2 heterocycles. The molecule has 1 N–H and O–H groups in total. The first kappa shape index (κ1) is 11.3. The van der Waals surface area contributed by atoms with E-state index in [9.17, 15) is 10.1 Å². The molecule has 90 valence electrons. The summed E-state index contributed by atoms with van der Waals surface area (Å²) in [4.78, 5) is 16.0. The molecule has 0 radical (unpaired) electrons. The Balaban J connectivity index is 2.05. The summed E-state index contributed by atoms with van der Waals surface area (Å²) in [6, 6.07) is 6.97. The second-order valence-corrected chi connectivity index (χ2v) is 5.19. The number of nitrogens with one attached hydrogen (secondary N) is 1. The highest BCUT2D eigenvalue weighted by Crippen LogP contribution is 2.44. The largest absolute Gasteiger partial charge is 0.338 e. The molecule has 0 aliphatic carbocycles. The van der Waals surface area contributed by atoms with E-state index in [0.717, 1.165) is 15.5 Å². The van der Waals surface area contributed by atoms with E-state index in [-0.39, 0.29) is 5.69 Å². The van der Waals surface area contributed by atoms with Gasteiger partial charge in [0.2, 0.25) is 0 Å². The van der Waals surface area contributed by atoms with Crippen LogP contribution in [0.5, 0.6) is 0 Å². The summed E-state index contributed by atoms with van der Waals surface area (Å²) >= 11 is 7.35. The fraction of sp³-hybridized carbons (Fsp3) is 0. The third-order valence-electron chi connectivity index (χ3n) is 2.46. The summed E-state index contributed by atoms with van der Waals surface area (Å²) in [7, 11) is 0. The molecule has 7 heteroatoms. The van der Waals surface area contributed by atoms with Crippen LogP contribution in [0.25, 0.3) is 0 Å². The highest BCUT2D eigenvalue weighted by Gasteiger charge is 2.20. The summed E-state index contributed by atoms with van der Waals surface area (Å²) in [5, 5.41) is 14.4. The standard InChI is InChI=1S/C11H6ClN3O2S/c12-6-1-2-9-8(3-6)14-11-10(18-9)4-7(5-13-11)15(16)17/h1-5H,(H,13,14). The van der Waals surface area contributed by atoms with Crippen LogP contribution in [0.1, 0.15) is 0 Å². The maximum Gasteiger partial charge on any atom is 0.288 e. The average molecular weight is 280 g/mol. The SMILES string of the molecule is O=[N+]([O-])c1cnc2c(c1)Sc1ccc(Cl)cc1N2. The summed E-state index contributed by atoms with van der Waals surface area (Å²) in [5.41, 5.74) is 0.849. The first-order chi connectivity index (χ1) is 8.63. The monoisotopic (exact) mass is 279 g/mol. The molecule has 0 saturated heterocycles. The van der Waals surface area contributed by atoms with Gasteiger partial charge in [0.25, 0.3) is 5.69 Å². The molecule has 0 spiro atoms. The normalized spacial score (nSPS) is 12.3. The van der Waals surface area contributed by atoms with Gasteiger partial charge >= 0.3 is 0 Å². The van der Waals surface area contributed by atoms with Crippen molar-refractivity contribution in [3.8, 4) is 0 Å². The first-order valence-electron chi connectivity index (χ1n) is 5.02. The maximum absolute atomic E-state index is 10.7. The number of nitrogens with zero attached hydrogens (tertiary/aromatic N) is 2. The first-order valence-corrected chi connectivity index (χ1v) is 6.22. The van der Waals surface area contributed by atoms with Crippen LogP contribution in [0.15, 0.2) is 40.3 Å². The van der Waals surface area contributed by atoms with Crippen LogP contribution in [0.4, 0.5) is 17.2 Å². The van der Waals surface area contributed by atoms with Crippen molar-refractivity contribution in [1.29, 1.82) is 0 Å². The number of aromatic nitrogens is 1. The van der Waals surface area contributed by atoms with Gasteiger partial charge in [-0.2, -0.15) is 0 Å². The number of pyridine rings is 1. The molecule has 2 aromatic rings. The van der Waals surface area contributed by atoms with Crippen LogP contribution in [-0.2, 0) is 0 Å². The fourth-order valence-electron chi connectivity index (χ4n) is 1.64. The Morgan fingerprint density at radius 3 is 2.94 bits per heavy atom. The van der Waals surface area contributed by atoms with Gasteiger partial charge in [-0.05, 0) is 18.2 Å². The number of hydrogen-bond acceptors (Lipinski definition) is 5. The van der Waals surface area contributed by atoms with E-state index in [1.54, 1.807) is 12.1 Å². The molecule has 1 aromatic carbocycles. The number of nitro groups is 1. The predicted molar refractivity (Wildman–Crippen MR) is 69.7 cm³/mol. The van der Waals surface area contributed by atoms with Crippen LogP contribution in [0, 0.1) is 10.1 Å². The summed E-state index contributed by atoms with van der Waals surface area (Å²) < 4.78 is 0. The van der Waals surface area contributed by atoms with Gasteiger partial charge in [-0.3, -0.25) is 10.1 Å². The lowest BCUT2D eigenvalue weighted by molar-refractivity contribution is -0.385. The minimum absolute atomic E-state index is 0.0135. The van der Waals surface area contributed by atoms with Gasteiger partial charge in [0.1, 0.15) is 12.0 Å². The average Bonchev–Trinajstić information content (AvgIpc) is 2.35. The van der Waals surface area contributed by atoms with Crippen molar-refractivity contribution < 1.29 is 4.92 Å². The molecular formula is C11H6ClN3O2S. The molecule has 18 heavy (non-hydrogen) atoms. The van der Waals surface area contributed by atoms with E-state index >= 15 is 0 Å². The van der Waals surface area contributed by atoms with Gasteiger partial charge in [0.05, 0.1) is 15.5 Å². The zero-order chi connectivity index (χ0) is 12.7. The number of hydrogen-bond donors (Lipinski definition) is 1.